The quantitative estimate of drug-likeness (QED) is 0.915. The van der Waals surface area contributed by atoms with Gasteiger partial charge in [0.15, 0.2) is 0 Å². The molecule has 0 saturated carbocycles. The summed E-state index contributed by atoms with van der Waals surface area (Å²) >= 11 is 3.44. The molecule has 0 radical (unpaired) electrons. The standard InChI is InChI=1S/C13H13BrN2O2/c1-2-9-12(17)15-11(16-13(9)18)7-8-5-3-4-6-10(8)14/h3-6H,2,7H2,1H3,(H2,15,16,17,18). The molecular weight excluding hydrogens is 296 g/mol. The van der Waals surface area contributed by atoms with Gasteiger partial charge in [-0.1, -0.05) is 41.1 Å². The van der Waals surface area contributed by atoms with Crippen molar-refractivity contribution in [1.82, 2.24) is 9.97 Å². The smallest absolute Gasteiger partial charge is 0.257 e. The molecule has 0 spiro atoms. The van der Waals surface area contributed by atoms with Crippen LogP contribution in [0.1, 0.15) is 23.9 Å². The molecule has 0 aliphatic rings. The van der Waals surface area contributed by atoms with Gasteiger partial charge < -0.3 is 10.1 Å². The van der Waals surface area contributed by atoms with Crippen LogP contribution in [0.4, 0.5) is 0 Å². The average molecular weight is 309 g/mol. The fourth-order valence-electron chi connectivity index (χ4n) is 1.76. The van der Waals surface area contributed by atoms with E-state index in [1.54, 1.807) is 6.92 Å². The molecule has 0 bridgehead atoms. The molecule has 94 valence electrons. The molecule has 0 unspecified atom stereocenters. The SMILES string of the molecule is CCc1c(O)nc(Cc2ccccc2Br)[nH]c1=O. The Morgan fingerprint density at radius 3 is 2.72 bits per heavy atom. The van der Waals surface area contributed by atoms with Gasteiger partial charge in [-0.3, -0.25) is 4.79 Å². The molecule has 1 aromatic heterocycles. The average Bonchev–Trinajstić information content (AvgIpc) is 2.32. The van der Waals surface area contributed by atoms with Gasteiger partial charge in [-0.15, -0.1) is 0 Å². The molecule has 18 heavy (non-hydrogen) atoms. The summed E-state index contributed by atoms with van der Waals surface area (Å²) in [4.78, 5) is 18.4. The van der Waals surface area contributed by atoms with Crippen molar-refractivity contribution in [2.24, 2.45) is 0 Å². The summed E-state index contributed by atoms with van der Waals surface area (Å²) in [5, 5.41) is 9.68. The molecule has 1 aromatic carbocycles. The minimum atomic E-state index is -0.271. The first-order chi connectivity index (χ1) is 8.61. The van der Waals surface area contributed by atoms with Crippen LogP contribution in [0.15, 0.2) is 33.5 Å². The Bertz CT molecular complexity index is 623. The molecule has 0 fully saturated rings. The maximum atomic E-state index is 11.7. The first-order valence-electron chi connectivity index (χ1n) is 5.66. The lowest BCUT2D eigenvalue weighted by Crippen LogP contribution is -2.16. The third-order valence-electron chi connectivity index (χ3n) is 2.71. The van der Waals surface area contributed by atoms with E-state index in [1.807, 2.05) is 24.3 Å². The van der Waals surface area contributed by atoms with Gasteiger partial charge >= 0.3 is 0 Å². The van der Waals surface area contributed by atoms with Crippen LogP contribution < -0.4 is 5.56 Å². The normalized spacial score (nSPS) is 10.6. The number of benzene rings is 1. The molecule has 2 N–H and O–H groups in total. The molecular formula is C13H13BrN2O2. The van der Waals surface area contributed by atoms with E-state index in [0.717, 1.165) is 10.0 Å². The maximum Gasteiger partial charge on any atom is 0.257 e. The van der Waals surface area contributed by atoms with E-state index in [-0.39, 0.29) is 11.4 Å². The molecule has 2 aromatic rings. The van der Waals surface area contributed by atoms with Crippen molar-refractivity contribution in [2.45, 2.75) is 19.8 Å². The minimum absolute atomic E-state index is 0.177. The number of nitrogens with one attached hydrogen (secondary N) is 1. The topological polar surface area (TPSA) is 66.0 Å². The second-order valence-corrected chi connectivity index (χ2v) is 4.79. The van der Waals surface area contributed by atoms with Crippen molar-refractivity contribution >= 4 is 15.9 Å². The molecule has 0 atom stereocenters. The van der Waals surface area contributed by atoms with Crippen molar-refractivity contribution in [2.75, 3.05) is 0 Å². The van der Waals surface area contributed by atoms with Gasteiger partial charge in [0, 0.05) is 10.9 Å². The highest BCUT2D eigenvalue weighted by molar-refractivity contribution is 9.10. The van der Waals surface area contributed by atoms with Crippen LogP contribution >= 0.6 is 15.9 Å². The largest absolute Gasteiger partial charge is 0.493 e. The zero-order chi connectivity index (χ0) is 13.1. The Kier molecular flexibility index (Phi) is 3.81. The highest BCUT2D eigenvalue weighted by Crippen LogP contribution is 2.19. The Morgan fingerprint density at radius 1 is 1.39 bits per heavy atom. The summed E-state index contributed by atoms with van der Waals surface area (Å²) in [7, 11) is 0. The van der Waals surface area contributed by atoms with Crippen LogP contribution in [0.25, 0.3) is 0 Å². The number of aromatic nitrogens is 2. The Morgan fingerprint density at radius 2 is 2.11 bits per heavy atom. The summed E-state index contributed by atoms with van der Waals surface area (Å²) in [6.07, 6.45) is 0.928. The zero-order valence-corrected chi connectivity index (χ0v) is 11.5. The number of halogens is 1. The Hall–Kier alpha value is -1.62. The first kappa shape index (κ1) is 12.8. The number of hydrogen-bond donors (Lipinski definition) is 2. The summed E-state index contributed by atoms with van der Waals surface area (Å²) in [5.41, 5.74) is 1.06. The van der Waals surface area contributed by atoms with Crippen molar-refractivity contribution in [3.8, 4) is 5.88 Å². The van der Waals surface area contributed by atoms with E-state index in [4.69, 9.17) is 0 Å². The fourth-order valence-corrected chi connectivity index (χ4v) is 2.18. The van der Waals surface area contributed by atoms with Crippen LogP contribution in [0.5, 0.6) is 5.88 Å². The third kappa shape index (κ3) is 2.61. The van der Waals surface area contributed by atoms with Gasteiger partial charge in [-0.05, 0) is 18.1 Å². The number of aromatic hydroxyl groups is 1. The number of rotatable bonds is 3. The van der Waals surface area contributed by atoms with Gasteiger partial charge in [-0.2, -0.15) is 4.98 Å². The molecule has 1 heterocycles. The van der Waals surface area contributed by atoms with Gasteiger partial charge in [0.25, 0.3) is 5.56 Å². The molecule has 2 rings (SSSR count). The highest BCUT2D eigenvalue weighted by atomic mass is 79.9. The molecule has 0 aliphatic heterocycles. The lowest BCUT2D eigenvalue weighted by Gasteiger charge is -2.06. The van der Waals surface area contributed by atoms with Crippen molar-refractivity contribution < 1.29 is 5.11 Å². The lowest BCUT2D eigenvalue weighted by atomic mass is 10.1. The fraction of sp³-hybridized carbons (Fsp3) is 0.231. The second-order valence-electron chi connectivity index (χ2n) is 3.94. The summed E-state index contributed by atoms with van der Waals surface area (Å²) in [6, 6.07) is 7.70. The second kappa shape index (κ2) is 5.35. The number of aromatic amines is 1. The van der Waals surface area contributed by atoms with Crippen LogP contribution in [0, 0.1) is 0 Å². The van der Waals surface area contributed by atoms with E-state index in [0.29, 0.717) is 24.2 Å². The van der Waals surface area contributed by atoms with Crippen molar-refractivity contribution in [3.05, 3.63) is 56.0 Å². The van der Waals surface area contributed by atoms with Crippen LogP contribution in [0.2, 0.25) is 0 Å². The van der Waals surface area contributed by atoms with E-state index in [1.165, 1.54) is 0 Å². The van der Waals surface area contributed by atoms with Crippen LogP contribution in [0.3, 0.4) is 0 Å². The van der Waals surface area contributed by atoms with E-state index in [2.05, 4.69) is 25.9 Å². The maximum absolute atomic E-state index is 11.7. The van der Waals surface area contributed by atoms with Gasteiger partial charge in [0.05, 0.1) is 5.56 Å². The number of H-pyrrole nitrogens is 1. The van der Waals surface area contributed by atoms with Gasteiger partial charge in [0.2, 0.25) is 5.88 Å². The predicted octanol–water partition coefficient (Wildman–Crippen LogP) is 2.39. The molecule has 5 heteroatoms. The minimum Gasteiger partial charge on any atom is -0.493 e. The van der Waals surface area contributed by atoms with Crippen LogP contribution in [-0.4, -0.2) is 15.1 Å². The Labute approximate surface area is 113 Å². The lowest BCUT2D eigenvalue weighted by molar-refractivity contribution is 0.440. The van der Waals surface area contributed by atoms with E-state index in [9.17, 15) is 9.90 Å². The predicted molar refractivity (Wildman–Crippen MR) is 72.8 cm³/mol. The van der Waals surface area contributed by atoms with Gasteiger partial charge in [0.1, 0.15) is 5.82 Å². The Balaban J connectivity index is 2.37. The number of hydrogen-bond acceptors (Lipinski definition) is 3. The molecule has 0 aliphatic carbocycles. The van der Waals surface area contributed by atoms with Gasteiger partial charge in [-0.25, -0.2) is 0 Å². The van der Waals surface area contributed by atoms with Crippen molar-refractivity contribution in [1.29, 1.82) is 0 Å². The van der Waals surface area contributed by atoms with E-state index < -0.39 is 0 Å². The zero-order valence-electron chi connectivity index (χ0n) is 9.90. The molecule has 0 saturated heterocycles. The first-order valence-corrected chi connectivity index (χ1v) is 6.45. The molecule has 4 nitrogen and oxygen atoms in total. The highest BCUT2D eigenvalue weighted by Gasteiger charge is 2.09. The van der Waals surface area contributed by atoms with Crippen molar-refractivity contribution in [3.63, 3.8) is 0 Å². The monoisotopic (exact) mass is 308 g/mol. The summed E-state index contributed by atoms with van der Waals surface area (Å²) in [6.45, 7) is 1.80. The summed E-state index contributed by atoms with van der Waals surface area (Å²) < 4.78 is 0.951. The molecule has 0 amide bonds. The van der Waals surface area contributed by atoms with Crippen LogP contribution in [-0.2, 0) is 12.8 Å². The number of nitrogens with zero attached hydrogens (tertiary/aromatic N) is 1. The summed E-state index contributed by atoms with van der Waals surface area (Å²) in [5.74, 6) is 0.282. The van der Waals surface area contributed by atoms with E-state index >= 15 is 0 Å². The third-order valence-corrected chi connectivity index (χ3v) is 3.49.